The number of rotatable bonds is 3. The van der Waals surface area contributed by atoms with Crippen LogP contribution in [0.1, 0.15) is 19.3 Å². The van der Waals surface area contributed by atoms with Gasteiger partial charge in [-0.25, -0.2) is 8.42 Å². The van der Waals surface area contributed by atoms with Gasteiger partial charge in [-0.05, 0) is 43.5 Å². The maximum absolute atomic E-state index is 12.3. The summed E-state index contributed by atoms with van der Waals surface area (Å²) in [6.45, 7) is 0. The number of sulfone groups is 1. The average Bonchev–Trinajstić information content (AvgIpc) is 2.74. The van der Waals surface area contributed by atoms with E-state index in [4.69, 9.17) is 5.73 Å². The minimum absolute atomic E-state index is 0.101. The first-order chi connectivity index (χ1) is 8.38. The van der Waals surface area contributed by atoms with Crippen LogP contribution in [0.15, 0.2) is 34.1 Å². The Labute approximate surface area is 110 Å². The van der Waals surface area contributed by atoms with E-state index in [1.54, 1.807) is 12.1 Å². The van der Waals surface area contributed by atoms with Crippen molar-refractivity contribution in [1.29, 1.82) is 0 Å². The number of hydrogen-bond acceptors (Lipinski definition) is 4. The second-order valence-electron chi connectivity index (χ2n) is 4.74. The Balaban J connectivity index is 2.17. The quantitative estimate of drug-likeness (QED) is 0.902. The monoisotopic (exact) mass is 287 g/mol. The standard InChI is InChI=1S/C12H17NO3S2/c1-18(15,16)12-6-4-10(5-7-12)17(14)11-3-2-9(13)8-11/h4-7,9,11H,2-3,8,13H2,1H3. The molecule has 0 saturated heterocycles. The van der Waals surface area contributed by atoms with Crippen LogP contribution in [-0.4, -0.2) is 30.2 Å². The van der Waals surface area contributed by atoms with Gasteiger partial charge >= 0.3 is 0 Å². The molecule has 18 heavy (non-hydrogen) atoms. The fraction of sp³-hybridized carbons (Fsp3) is 0.500. The van der Waals surface area contributed by atoms with Gasteiger partial charge in [-0.15, -0.1) is 0 Å². The minimum atomic E-state index is -3.19. The van der Waals surface area contributed by atoms with Gasteiger partial charge in [0.05, 0.1) is 15.7 Å². The van der Waals surface area contributed by atoms with Crippen LogP contribution in [0.3, 0.4) is 0 Å². The third-order valence-electron chi connectivity index (χ3n) is 3.21. The average molecular weight is 287 g/mol. The molecule has 0 aliphatic heterocycles. The molecule has 1 aliphatic carbocycles. The van der Waals surface area contributed by atoms with Crippen LogP contribution in [0, 0.1) is 0 Å². The Bertz CT molecular complexity index is 551. The fourth-order valence-electron chi connectivity index (χ4n) is 2.18. The first kappa shape index (κ1) is 13.7. The minimum Gasteiger partial charge on any atom is -0.328 e. The van der Waals surface area contributed by atoms with Gasteiger partial charge in [0, 0.05) is 22.4 Å². The number of nitrogens with two attached hydrogens (primary N) is 1. The third kappa shape index (κ3) is 2.99. The summed E-state index contributed by atoms with van der Waals surface area (Å²) in [5.41, 5.74) is 5.81. The predicted molar refractivity (Wildman–Crippen MR) is 71.6 cm³/mol. The lowest BCUT2D eigenvalue weighted by Crippen LogP contribution is -2.18. The predicted octanol–water partition coefficient (Wildman–Crippen LogP) is 1.08. The van der Waals surface area contributed by atoms with Gasteiger partial charge in [-0.2, -0.15) is 0 Å². The summed E-state index contributed by atoms with van der Waals surface area (Å²) in [6, 6.07) is 6.44. The summed E-state index contributed by atoms with van der Waals surface area (Å²) in [6.07, 6.45) is 3.73. The Morgan fingerprint density at radius 2 is 1.83 bits per heavy atom. The van der Waals surface area contributed by atoms with Crippen molar-refractivity contribution in [3.05, 3.63) is 24.3 Å². The van der Waals surface area contributed by atoms with Crippen molar-refractivity contribution in [3.8, 4) is 0 Å². The molecule has 0 amide bonds. The van der Waals surface area contributed by atoms with E-state index in [-0.39, 0.29) is 16.2 Å². The molecule has 0 aromatic heterocycles. The Morgan fingerprint density at radius 3 is 2.28 bits per heavy atom. The molecule has 2 N–H and O–H groups in total. The second kappa shape index (κ2) is 5.11. The van der Waals surface area contributed by atoms with Crippen LogP contribution in [0.2, 0.25) is 0 Å². The highest BCUT2D eigenvalue weighted by Gasteiger charge is 2.27. The third-order valence-corrected chi connectivity index (χ3v) is 6.11. The SMILES string of the molecule is CS(=O)(=O)c1ccc(S(=O)C2CCC(N)C2)cc1. The molecule has 1 aliphatic rings. The van der Waals surface area contributed by atoms with E-state index in [9.17, 15) is 12.6 Å². The summed E-state index contributed by atoms with van der Waals surface area (Å²) in [4.78, 5) is 0.938. The van der Waals surface area contributed by atoms with Gasteiger partial charge in [0.15, 0.2) is 9.84 Å². The molecule has 1 saturated carbocycles. The zero-order valence-electron chi connectivity index (χ0n) is 10.2. The molecule has 1 aromatic carbocycles. The van der Waals surface area contributed by atoms with E-state index < -0.39 is 20.6 Å². The van der Waals surface area contributed by atoms with Crippen LogP contribution in [-0.2, 0) is 20.6 Å². The molecule has 100 valence electrons. The lowest BCUT2D eigenvalue weighted by molar-refractivity contribution is 0.601. The fourth-order valence-corrected chi connectivity index (χ4v) is 4.37. The molecule has 0 heterocycles. The maximum atomic E-state index is 12.3. The first-order valence-corrected chi connectivity index (χ1v) is 8.94. The van der Waals surface area contributed by atoms with Crippen LogP contribution in [0.5, 0.6) is 0 Å². The summed E-state index contributed by atoms with van der Waals surface area (Å²) in [7, 11) is -4.28. The molecule has 0 spiro atoms. The summed E-state index contributed by atoms with van der Waals surface area (Å²) in [5, 5.41) is 0.101. The Kier molecular flexibility index (Phi) is 3.89. The molecule has 6 heteroatoms. The lowest BCUT2D eigenvalue weighted by Gasteiger charge is -2.10. The first-order valence-electron chi connectivity index (χ1n) is 5.84. The van der Waals surface area contributed by atoms with Crippen molar-refractivity contribution in [1.82, 2.24) is 0 Å². The number of hydrogen-bond donors (Lipinski definition) is 1. The smallest absolute Gasteiger partial charge is 0.175 e. The van der Waals surface area contributed by atoms with Crippen molar-refractivity contribution in [3.63, 3.8) is 0 Å². The lowest BCUT2D eigenvalue weighted by atomic mass is 10.3. The molecule has 1 fully saturated rings. The van der Waals surface area contributed by atoms with Gasteiger partial charge in [0.1, 0.15) is 0 Å². The highest BCUT2D eigenvalue weighted by atomic mass is 32.2. The molecular formula is C12H17NO3S2. The van der Waals surface area contributed by atoms with E-state index in [1.165, 1.54) is 12.1 Å². The van der Waals surface area contributed by atoms with Crippen molar-refractivity contribution in [2.75, 3.05) is 6.26 Å². The van der Waals surface area contributed by atoms with Crippen LogP contribution < -0.4 is 5.73 Å². The maximum Gasteiger partial charge on any atom is 0.175 e. The highest BCUT2D eigenvalue weighted by molar-refractivity contribution is 7.90. The molecule has 0 bridgehead atoms. The van der Waals surface area contributed by atoms with Gasteiger partial charge in [-0.1, -0.05) is 0 Å². The van der Waals surface area contributed by atoms with Gasteiger partial charge < -0.3 is 5.73 Å². The highest BCUT2D eigenvalue weighted by Crippen LogP contribution is 2.26. The van der Waals surface area contributed by atoms with E-state index in [1.807, 2.05) is 0 Å². The van der Waals surface area contributed by atoms with Crippen molar-refractivity contribution in [2.45, 2.75) is 40.3 Å². The van der Waals surface area contributed by atoms with Gasteiger partial charge in [-0.3, -0.25) is 4.21 Å². The van der Waals surface area contributed by atoms with Crippen LogP contribution in [0.4, 0.5) is 0 Å². The zero-order valence-corrected chi connectivity index (χ0v) is 11.8. The molecule has 0 radical (unpaired) electrons. The van der Waals surface area contributed by atoms with Gasteiger partial charge in [0.25, 0.3) is 0 Å². The normalized spacial score (nSPS) is 26.1. The molecule has 2 rings (SSSR count). The molecule has 4 nitrogen and oxygen atoms in total. The van der Waals surface area contributed by atoms with E-state index in [0.29, 0.717) is 4.90 Å². The zero-order chi connectivity index (χ0) is 13.3. The van der Waals surface area contributed by atoms with Crippen LogP contribution >= 0.6 is 0 Å². The van der Waals surface area contributed by atoms with Crippen molar-refractivity contribution >= 4 is 20.6 Å². The summed E-state index contributed by atoms with van der Waals surface area (Å²) in [5.74, 6) is 0. The molecular weight excluding hydrogens is 270 g/mol. The Hall–Kier alpha value is -0.720. The Morgan fingerprint density at radius 1 is 1.22 bits per heavy atom. The number of benzene rings is 1. The second-order valence-corrected chi connectivity index (χ2v) is 8.48. The topological polar surface area (TPSA) is 77.2 Å². The molecule has 3 atom stereocenters. The van der Waals surface area contributed by atoms with Crippen molar-refractivity contribution < 1.29 is 12.6 Å². The van der Waals surface area contributed by atoms with Gasteiger partial charge in [0.2, 0.25) is 0 Å². The van der Waals surface area contributed by atoms with Crippen LogP contribution in [0.25, 0.3) is 0 Å². The largest absolute Gasteiger partial charge is 0.328 e. The summed E-state index contributed by atoms with van der Waals surface area (Å²) < 4.78 is 34.9. The van der Waals surface area contributed by atoms with Crippen molar-refractivity contribution in [2.24, 2.45) is 5.73 Å². The summed E-state index contributed by atoms with van der Waals surface area (Å²) >= 11 is 0. The molecule has 1 aromatic rings. The molecule has 3 unspecified atom stereocenters. The van der Waals surface area contributed by atoms with E-state index >= 15 is 0 Å². The van der Waals surface area contributed by atoms with E-state index in [0.717, 1.165) is 25.5 Å². The van der Waals surface area contributed by atoms with E-state index in [2.05, 4.69) is 0 Å².